The summed E-state index contributed by atoms with van der Waals surface area (Å²) in [6.45, 7) is 2.15. The van der Waals surface area contributed by atoms with Gasteiger partial charge in [0.05, 0.1) is 11.4 Å². The smallest absolute Gasteiger partial charge is 0.137 e. The van der Waals surface area contributed by atoms with Crippen LogP contribution in [0.1, 0.15) is 5.56 Å². The highest BCUT2D eigenvalue weighted by molar-refractivity contribution is 6.08. The molecule has 1 heterocycles. The first-order valence-electron chi connectivity index (χ1n) is 21.2. The fraction of sp³-hybridized carbons (Fsp3) is 0.0169. The Morgan fingerprint density at radius 2 is 0.839 bits per heavy atom. The van der Waals surface area contributed by atoms with Gasteiger partial charge in [-0.1, -0.05) is 158 Å². The Kier molecular flexibility index (Phi) is 9.40. The second-order valence-corrected chi connectivity index (χ2v) is 15.8. The summed E-state index contributed by atoms with van der Waals surface area (Å²) in [5.41, 5.74) is 16.5. The molecule has 3 heteroatoms. The monoisotopic (exact) mass is 794 g/mol. The molecule has 294 valence electrons. The van der Waals surface area contributed by atoms with Gasteiger partial charge in [-0.05, 0) is 118 Å². The fourth-order valence-corrected chi connectivity index (χ4v) is 8.96. The summed E-state index contributed by atoms with van der Waals surface area (Å²) in [6, 6.07) is 84.6. The van der Waals surface area contributed by atoms with E-state index in [1.807, 2.05) is 0 Å². The highest BCUT2D eigenvalue weighted by Gasteiger charge is 2.21. The lowest BCUT2D eigenvalue weighted by molar-refractivity contribution is 0.669. The van der Waals surface area contributed by atoms with Crippen molar-refractivity contribution in [3.63, 3.8) is 0 Å². The maximum Gasteiger partial charge on any atom is 0.137 e. The molecule has 1 aromatic heterocycles. The fourth-order valence-electron chi connectivity index (χ4n) is 8.96. The molecule has 11 aromatic rings. The minimum atomic E-state index is 0.868. The molecular weight excluding hydrogens is 753 g/mol. The van der Waals surface area contributed by atoms with Crippen LogP contribution in [0.3, 0.4) is 0 Å². The van der Waals surface area contributed by atoms with Gasteiger partial charge in [0.25, 0.3) is 0 Å². The molecule has 0 aliphatic carbocycles. The van der Waals surface area contributed by atoms with Gasteiger partial charge in [-0.2, -0.15) is 0 Å². The molecule has 0 amide bonds. The molecule has 0 unspecified atom stereocenters. The standard InChI is InChI=1S/C59H42N2O/c1-41-16-15-27-57-59(41)53-37-36-51(40-58(53)62-57)61(56-39-47-20-12-11-19-46(47)38-54(56)44-17-5-2-6-18-44)50-34-32-43(33-35-50)42-28-30-45(31-29-42)52-25-13-14-26-55(52)60(48-21-7-3-8-22-48)49-23-9-4-10-24-49/h2-40H,1H3. The highest BCUT2D eigenvalue weighted by atomic mass is 16.3. The minimum Gasteiger partial charge on any atom is -0.456 e. The second kappa shape index (κ2) is 15.8. The lowest BCUT2D eigenvalue weighted by Crippen LogP contribution is -2.11. The topological polar surface area (TPSA) is 19.6 Å². The van der Waals surface area contributed by atoms with E-state index in [-0.39, 0.29) is 0 Å². The van der Waals surface area contributed by atoms with Crippen LogP contribution in [-0.4, -0.2) is 0 Å². The number of benzene rings is 10. The maximum atomic E-state index is 6.54. The van der Waals surface area contributed by atoms with Crippen molar-refractivity contribution in [3.8, 4) is 33.4 Å². The number of rotatable bonds is 9. The van der Waals surface area contributed by atoms with E-state index in [2.05, 4.69) is 253 Å². The number of aryl methyl sites for hydroxylation is 1. The molecule has 0 N–H and O–H groups in total. The number of fused-ring (bicyclic) bond motifs is 4. The molecule has 62 heavy (non-hydrogen) atoms. The molecule has 11 rings (SSSR count). The normalized spacial score (nSPS) is 11.3. The van der Waals surface area contributed by atoms with Crippen molar-refractivity contribution in [2.24, 2.45) is 0 Å². The average Bonchev–Trinajstić information content (AvgIpc) is 3.72. The van der Waals surface area contributed by atoms with E-state index in [1.54, 1.807) is 0 Å². The summed E-state index contributed by atoms with van der Waals surface area (Å²) < 4.78 is 6.54. The van der Waals surface area contributed by atoms with Crippen molar-refractivity contribution in [1.82, 2.24) is 0 Å². The van der Waals surface area contributed by atoms with Gasteiger partial charge in [-0.25, -0.2) is 0 Å². The summed E-state index contributed by atoms with van der Waals surface area (Å²) in [5.74, 6) is 0. The molecule has 0 aliphatic heterocycles. The number of hydrogen-bond acceptors (Lipinski definition) is 3. The molecule has 0 saturated carbocycles. The molecule has 0 bridgehead atoms. The number of hydrogen-bond donors (Lipinski definition) is 0. The van der Waals surface area contributed by atoms with Gasteiger partial charge < -0.3 is 14.2 Å². The molecule has 10 aromatic carbocycles. The van der Waals surface area contributed by atoms with Crippen LogP contribution in [0.2, 0.25) is 0 Å². The first kappa shape index (κ1) is 36.9. The molecular formula is C59H42N2O. The van der Waals surface area contributed by atoms with Gasteiger partial charge in [0.15, 0.2) is 0 Å². The Labute approximate surface area is 362 Å². The molecule has 0 spiro atoms. The quantitative estimate of drug-likeness (QED) is 0.145. The Hall–Kier alpha value is -8.14. The van der Waals surface area contributed by atoms with Gasteiger partial charge >= 0.3 is 0 Å². The largest absolute Gasteiger partial charge is 0.456 e. The van der Waals surface area contributed by atoms with Gasteiger partial charge in [-0.15, -0.1) is 0 Å². The van der Waals surface area contributed by atoms with Crippen molar-refractivity contribution in [3.05, 3.63) is 242 Å². The number of furan rings is 1. The van der Waals surface area contributed by atoms with Crippen LogP contribution in [0.4, 0.5) is 34.1 Å². The maximum absolute atomic E-state index is 6.54. The van der Waals surface area contributed by atoms with Crippen LogP contribution in [0.5, 0.6) is 0 Å². The Morgan fingerprint density at radius 1 is 0.323 bits per heavy atom. The van der Waals surface area contributed by atoms with Crippen molar-refractivity contribution in [2.45, 2.75) is 6.92 Å². The van der Waals surface area contributed by atoms with E-state index in [0.717, 1.165) is 78.5 Å². The third kappa shape index (κ3) is 6.76. The zero-order chi connectivity index (χ0) is 41.4. The van der Waals surface area contributed by atoms with E-state index < -0.39 is 0 Å². The van der Waals surface area contributed by atoms with Crippen molar-refractivity contribution < 1.29 is 4.42 Å². The zero-order valence-corrected chi connectivity index (χ0v) is 34.3. The lowest BCUT2D eigenvalue weighted by atomic mass is 9.96. The van der Waals surface area contributed by atoms with Gasteiger partial charge in [0.2, 0.25) is 0 Å². The van der Waals surface area contributed by atoms with Crippen LogP contribution in [-0.2, 0) is 0 Å². The summed E-state index contributed by atoms with van der Waals surface area (Å²) in [5, 5.41) is 4.67. The summed E-state index contributed by atoms with van der Waals surface area (Å²) >= 11 is 0. The van der Waals surface area contributed by atoms with Crippen molar-refractivity contribution in [2.75, 3.05) is 9.80 Å². The van der Waals surface area contributed by atoms with E-state index >= 15 is 0 Å². The van der Waals surface area contributed by atoms with Crippen LogP contribution in [0, 0.1) is 6.92 Å². The predicted octanol–water partition coefficient (Wildman–Crippen LogP) is 17.0. The van der Waals surface area contributed by atoms with Gasteiger partial charge in [0.1, 0.15) is 11.2 Å². The van der Waals surface area contributed by atoms with Crippen molar-refractivity contribution >= 4 is 66.8 Å². The highest BCUT2D eigenvalue weighted by Crippen LogP contribution is 2.46. The Balaban J connectivity index is 0.999. The first-order valence-corrected chi connectivity index (χ1v) is 21.2. The van der Waals surface area contributed by atoms with E-state index in [1.165, 1.54) is 27.3 Å². The average molecular weight is 795 g/mol. The van der Waals surface area contributed by atoms with E-state index in [9.17, 15) is 0 Å². The van der Waals surface area contributed by atoms with Gasteiger partial charge in [-0.3, -0.25) is 0 Å². The number of anilines is 6. The molecule has 0 fully saturated rings. The molecule has 0 atom stereocenters. The summed E-state index contributed by atoms with van der Waals surface area (Å²) in [7, 11) is 0. The van der Waals surface area contributed by atoms with Crippen LogP contribution in [0.25, 0.3) is 66.1 Å². The minimum absolute atomic E-state index is 0.868. The van der Waals surface area contributed by atoms with Crippen LogP contribution < -0.4 is 9.80 Å². The number of para-hydroxylation sites is 3. The Bertz CT molecular complexity index is 3300. The van der Waals surface area contributed by atoms with E-state index in [4.69, 9.17) is 4.42 Å². The lowest BCUT2D eigenvalue weighted by Gasteiger charge is -2.28. The summed E-state index contributed by atoms with van der Waals surface area (Å²) in [6.07, 6.45) is 0. The van der Waals surface area contributed by atoms with Crippen LogP contribution in [0.15, 0.2) is 241 Å². The van der Waals surface area contributed by atoms with Crippen LogP contribution >= 0.6 is 0 Å². The summed E-state index contributed by atoms with van der Waals surface area (Å²) in [4.78, 5) is 4.71. The third-order valence-corrected chi connectivity index (χ3v) is 12.0. The predicted molar refractivity (Wildman–Crippen MR) is 262 cm³/mol. The third-order valence-electron chi connectivity index (χ3n) is 12.0. The SMILES string of the molecule is Cc1cccc2oc3cc(N(c4ccc(-c5ccc(-c6ccccc6N(c6ccccc6)c6ccccc6)cc5)cc4)c4cc5ccccc5cc4-c4ccccc4)ccc3c12. The molecule has 0 saturated heterocycles. The molecule has 0 radical (unpaired) electrons. The molecule has 3 nitrogen and oxygen atoms in total. The second-order valence-electron chi connectivity index (χ2n) is 15.8. The first-order chi connectivity index (χ1) is 30.7. The van der Waals surface area contributed by atoms with E-state index in [0.29, 0.717) is 0 Å². The zero-order valence-electron chi connectivity index (χ0n) is 34.3. The van der Waals surface area contributed by atoms with Gasteiger partial charge in [0, 0.05) is 50.7 Å². The Morgan fingerprint density at radius 3 is 1.53 bits per heavy atom. The number of nitrogens with zero attached hydrogens (tertiary/aromatic N) is 2. The molecule has 0 aliphatic rings. The van der Waals surface area contributed by atoms with Crippen molar-refractivity contribution in [1.29, 1.82) is 0 Å².